The molecule has 0 aliphatic heterocycles. The summed E-state index contributed by atoms with van der Waals surface area (Å²) in [4.78, 5) is 11.2. The van der Waals surface area contributed by atoms with Crippen LogP contribution in [0.3, 0.4) is 0 Å². The van der Waals surface area contributed by atoms with Crippen LogP contribution in [0.4, 0.5) is 13.2 Å². The molecule has 0 spiro atoms. The third-order valence-electron chi connectivity index (χ3n) is 2.40. The summed E-state index contributed by atoms with van der Waals surface area (Å²) in [6.45, 7) is 0.362. The molecule has 1 rings (SSSR count). The molecule has 2 N–H and O–H groups in total. The number of halogens is 4. The van der Waals surface area contributed by atoms with Crippen molar-refractivity contribution >= 4 is 21.8 Å². The van der Waals surface area contributed by atoms with Crippen LogP contribution in [-0.4, -0.2) is 25.2 Å². The van der Waals surface area contributed by atoms with Gasteiger partial charge < -0.3 is 10.6 Å². The highest BCUT2D eigenvalue weighted by atomic mass is 79.9. The molecule has 1 aromatic rings. The van der Waals surface area contributed by atoms with Crippen LogP contribution in [0.25, 0.3) is 0 Å². The van der Waals surface area contributed by atoms with Gasteiger partial charge in [-0.15, -0.1) is 0 Å². The average molecular weight is 339 g/mol. The van der Waals surface area contributed by atoms with Crippen molar-refractivity contribution in [3.8, 4) is 0 Å². The minimum Gasteiger partial charge on any atom is -0.346 e. The van der Waals surface area contributed by atoms with Gasteiger partial charge in [0.05, 0.1) is 6.54 Å². The Morgan fingerprint density at radius 2 is 2.11 bits per heavy atom. The molecule has 1 amide bonds. The Kier molecular flexibility index (Phi) is 5.81. The highest BCUT2D eigenvalue weighted by Gasteiger charge is 2.27. The lowest BCUT2D eigenvalue weighted by Crippen LogP contribution is -2.39. The van der Waals surface area contributed by atoms with Gasteiger partial charge in [-0.25, -0.2) is 0 Å². The Hall–Kier alpha value is -1.08. The van der Waals surface area contributed by atoms with Crippen molar-refractivity contribution in [2.75, 3.05) is 13.1 Å². The topological polar surface area (TPSA) is 41.1 Å². The summed E-state index contributed by atoms with van der Waals surface area (Å²) in [6, 6.07) is 7.34. The van der Waals surface area contributed by atoms with Crippen LogP contribution in [-0.2, 0) is 4.79 Å². The lowest BCUT2D eigenvalue weighted by Gasteiger charge is -2.15. The van der Waals surface area contributed by atoms with Crippen molar-refractivity contribution in [3.05, 3.63) is 34.3 Å². The first-order chi connectivity index (χ1) is 8.78. The van der Waals surface area contributed by atoms with E-state index in [2.05, 4.69) is 21.2 Å². The maximum absolute atomic E-state index is 11.9. The van der Waals surface area contributed by atoms with Gasteiger partial charge in [0.25, 0.3) is 0 Å². The van der Waals surface area contributed by atoms with Gasteiger partial charge in [0, 0.05) is 10.5 Å². The molecule has 0 bridgehead atoms. The van der Waals surface area contributed by atoms with Crippen molar-refractivity contribution in [3.63, 3.8) is 0 Å². The van der Waals surface area contributed by atoms with E-state index in [1.807, 2.05) is 31.2 Å². The number of rotatable bonds is 5. The van der Waals surface area contributed by atoms with Gasteiger partial charge in [-0.05, 0) is 24.6 Å². The van der Waals surface area contributed by atoms with E-state index in [0.29, 0.717) is 0 Å². The second kappa shape index (κ2) is 6.91. The summed E-state index contributed by atoms with van der Waals surface area (Å²) in [7, 11) is 0. The minimum absolute atomic E-state index is 0.130. The first-order valence-electron chi connectivity index (χ1n) is 5.60. The van der Waals surface area contributed by atoms with Crippen LogP contribution >= 0.6 is 15.9 Å². The summed E-state index contributed by atoms with van der Waals surface area (Å²) >= 11 is 3.33. The van der Waals surface area contributed by atoms with E-state index in [9.17, 15) is 18.0 Å². The first kappa shape index (κ1) is 16.0. The molecule has 7 heteroatoms. The van der Waals surface area contributed by atoms with E-state index < -0.39 is 18.6 Å². The number of carbonyl (C=O) groups excluding carboxylic acids is 1. The molecule has 19 heavy (non-hydrogen) atoms. The average Bonchev–Trinajstić information content (AvgIpc) is 2.32. The number of benzene rings is 1. The zero-order valence-corrected chi connectivity index (χ0v) is 11.8. The molecule has 1 aromatic carbocycles. The fraction of sp³-hybridized carbons (Fsp3) is 0.417. The van der Waals surface area contributed by atoms with Crippen molar-refractivity contribution in [2.24, 2.45) is 0 Å². The van der Waals surface area contributed by atoms with Crippen LogP contribution in [0.1, 0.15) is 18.5 Å². The summed E-state index contributed by atoms with van der Waals surface area (Å²) in [5, 5.41) is 4.67. The monoisotopic (exact) mass is 338 g/mol. The largest absolute Gasteiger partial charge is 0.405 e. The lowest BCUT2D eigenvalue weighted by molar-refractivity contribution is -0.137. The van der Waals surface area contributed by atoms with E-state index in [-0.39, 0.29) is 12.6 Å². The standard InChI is InChI=1S/C12H14BrF3N2O/c1-8(9-3-2-4-10(13)5-9)17-6-11(19)18-7-12(14,15)16/h2-5,8,17H,6-7H2,1H3,(H,18,19). The van der Waals surface area contributed by atoms with Gasteiger partial charge in [-0.2, -0.15) is 13.2 Å². The molecule has 1 atom stereocenters. The van der Waals surface area contributed by atoms with Crippen molar-refractivity contribution in [1.29, 1.82) is 0 Å². The van der Waals surface area contributed by atoms with Crippen molar-refractivity contribution in [2.45, 2.75) is 19.1 Å². The Morgan fingerprint density at radius 3 is 2.68 bits per heavy atom. The molecule has 0 heterocycles. The molecule has 0 radical (unpaired) electrons. The molecule has 106 valence electrons. The SMILES string of the molecule is CC(NCC(=O)NCC(F)(F)F)c1cccc(Br)c1. The number of alkyl halides is 3. The van der Waals surface area contributed by atoms with E-state index in [1.165, 1.54) is 0 Å². The Balaban J connectivity index is 2.38. The fourth-order valence-electron chi connectivity index (χ4n) is 1.40. The van der Waals surface area contributed by atoms with Gasteiger partial charge in [0.15, 0.2) is 0 Å². The van der Waals surface area contributed by atoms with E-state index >= 15 is 0 Å². The maximum Gasteiger partial charge on any atom is 0.405 e. The first-order valence-corrected chi connectivity index (χ1v) is 6.39. The van der Waals surface area contributed by atoms with Gasteiger partial charge in [0.1, 0.15) is 6.54 Å². The quantitative estimate of drug-likeness (QED) is 0.866. The van der Waals surface area contributed by atoms with E-state index in [4.69, 9.17) is 0 Å². The zero-order valence-electron chi connectivity index (χ0n) is 10.2. The van der Waals surface area contributed by atoms with Crippen LogP contribution in [0, 0.1) is 0 Å². The van der Waals surface area contributed by atoms with Crippen molar-refractivity contribution < 1.29 is 18.0 Å². The number of carbonyl (C=O) groups is 1. The molecule has 0 aromatic heterocycles. The highest BCUT2D eigenvalue weighted by molar-refractivity contribution is 9.10. The van der Waals surface area contributed by atoms with Crippen LogP contribution in [0.15, 0.2) is 28.7 Å². The Bertz CT molecular complexity index is 437. The van der Waals surface area contributed by atoms with Gasteiger partial charge in [0.2, 0.25) is 5.91 Å². The summed E-state index contributed by atoms with van der Waals surface area (Å²) < 4.78 is 36.6. The molecular weight excluding hydrogens is 325 g/mol. The predicted molar refractivity (Wildman–Crippen MR) is 69.6 cm³/mol. The summed E-state index contributed by atoms with van der Waals surface area (Å²) in [5.74, 6) is -0.681. The van der Waals surface area contributed by atoms with Crippen LogP contribution in [0.5, 0.6) is 0 Å². The number of hydrogen-bond acceptors (Lipinski definition) is 2. The summed E-state index contributed by atoms with van der Waals surface area (Å²) in [5.41, 5.74) is 0.943. The molecule has 0 aliphatic carbocycles. The third-order valence-corrected chi connectivity index (χ3v) is 2.90. The molecule has 0 saturated heterocycles. The molecule has 3 nitrogen and oxygen atoms in total. The second-order valence-electron chi connectivity index (χ2n) is 4.05. The lowest BCUT2D eigenvalue weighted by atomic mass is 10.1. The number of nitrogens with one attached hydrogen (secondary N) is 2. The molecule has 0 saturated carbocycles. The van der Waals surface area contributed by atoms with Crippen molar-refractivity contribution in [1.82, 2.24) is 10.6 Å². The summed E-state index contributed by atoms with van der Waals surface area (Å²) in [6.07, 6.45) is -4.38. The van der Waals surface area contributed by atoms with Gasteiger partial charge >= 0.3 is 6.18 Å². The van der Waals surface area contributed by atoms with Crippen LogP contribution in [0.2, 0.25) is 0 Å². The van der Waals surface area contributed by atoms with E-state index in [0.717, 1.165) is 10.0 Å². The van der Waals surface area contributed by atoms with Gasteiger partial charge in [-0.1, -0.05) is 28.1 Å². The fourth-order valence-corrected chi connectivity index (χ4v) is 1.82. The Morgan fingerprint density at radius 1 is 1.42 bits per heavy atom. The number of amides is 1. The molecule has 0 aliphatic rings. The maximum atomic E-state index is 11.9. The Labute approximate surface area is 117 Å². The smallest absolute Gasteiger partial charge is 0.346 e. The van der Waals surface area contributed by atoms with Gasteiger partial charge in [-0.3, -0.25) is 4.79 Å². The minimum atomic E-state index is -4.38. The predicted octanol–water partition coefficient (Wildman–Crippen LogP) is 2.78. The zero-order chi connectivity index (χ0) is 14.5. The molecule has 1 unspecified atom stereocenters. The van der Waals surface area contributed by atoms with Crippen LogP contribution < -0.4 is 10.6 Å². The molecular formula is C12H14BrF3N2O. The highest BCUT2D eigenvalue weighted by Crippen LogP contribution is 2.17. The normalized spacial score (nSPS) is 13.1. The number of hydrogen-bond donors (Lipinski definition) is 2. The second-order valence-corrected chi connectivity index (χ2v) is 4.97. The van der Waals surface area contributed by atoms with E-state index in [1.54, 1.807) is 5.32 Å². The molecule has 0 fully saturated rings. The third kappa shape index (κ3) is 6.58.